The summed E-state index contributed by atoms with van der Waals surface area (Å²) in [6.07, 6.45) is 3.79. The van der Waals surface area contributed by atoms with E-state index in [1.165, 1.54) is 0 Å². The predicted octanol–water partition coefficient (Wildman–Crippen LogP) is 3.73. The first-order chi connectivity index (χ1) is 25.6. The number of urea groups is 1. The number of halogens is 3. The number of hydrogen-bond acceptors (Lipinski definition) is 7. The van der Waals surface area contributed by atoms with Crippen molar-refractivity contribution in [1.82, 2.24) is 35.3 Å². The standard InChI is InChI=1S/C38H44F3N7O5/c1-24(18-43-33(49)11-14-47-34(50)9-10-35(47)51)44-38(52)48(22-27-19-42-20-31(27)41)36(26-12-15-53-16-13-26)37-45-32(29-17-28(39)7-8-30(29)40)23-46(37)21-25-5-3-2-4-6-25/h2-10,17,23-24,26-27,31,36,42H,11-16,18-22H2,1H3,(H,43,49)(H,44,52). The smallest absolute Gasteiger partial charge is 0.318 e. The lowest BCUT2D eigenvalue weighted by atomic mass is 9.89. The maximum absolute atomic E-state index is 15.3. The number of imide groups is 1. The fourth-order valence-electron chi connectivity index (χ4n) is 7.05. The van der Waals surface area contributed by atoms with E-state index in [-0.39, 0.29) is 49.8 Å². The molecular weight excluding hydrogens is 691 g/mol. The number of imidazole rings is 1. The lowest BCUT2D eigenvalue weighted by molar-refractivity contribution is -0.137. The van der Waals surface area contributed by atoms with Crippen molar-refractivity contribution in [2.45, 2.75) is 51.0 Å². The van der Waals surface area contributed by atoms with E-state index in [1.54, 1.807) is 18.0 Å². The van der Waals surface area contributed by atoms with E-state index < -0.39 is 59.6 Å². The van der Waals surface area contributed by atoms with Crippen LogP contribution in [0.4, 0.5) is 18.0 Å². The van der Waals surface area contributed by atoms with Gasteiger partial charge in [-0.15, -0.1) is 0 Å². The number of carbonyl (C=O) groups excluding carboxylic acids is 4. The highest BCUT2D eigenvalue weighted by atomic mass is 19.1. The highest BCUT2D eigenvalue weighted by Gasteiger charge is 2.40. The summed E-state index contributed by atoms with van der Waals surface area (Å²) in [5.74, 6) is -2.90. The number of amides is 5. The molecule has 1 aromatic heterocycles. The van der Waals surface area contributed by atoms with Gasteiger partial charge in [0.05, 0.1) is 11.7 Å². The van der Waals surface area contributed by atoms with E-state index in [1.807, 2.05) is 34.9 Å². The first kappa shape index (κ1) is 37.7. The molecule has 3 aliphatic rings. The Bertz CT molecular complexity index is 1800. The number of hydrogen-bond donors (Lipinski definition) is 3. The number of rotatable bonds is 14. The number of nitrogens with zero attached hydrogens (tertiary/aromatic N) is 4. The van der Waals surface area contributed by atoms with E-state index in [0.29, 0.717) is 45.0 Å². The van der Waals surface area contributed by atoms with Gasteiger partial charge in [0.1, 0.15) is 23.6 Å². The number of nitrogens with one attached hydrogen (secondary N) is 3. The van der Waals surface area contributed by atoms with Crippen LogP contribution in [0.25, 0.3) is 11.3 Å². The third-order valence-electron chi connectivity index (χ3n) is 9.91. The molecule has 0 saturated carbocycles. The highest BCUT2D eigenvalue weighted by molar-refractivity contribution is 6.13. The van der Waals surface area contributed by atoms with E-state index in [2.05, 4.69) is 16.0 Å². The summed E-state index contributed by atoms with van der Waals surface area (Å²) in [7, 11) is 0. The molecular formula is C38H44F3N7O5. The quantitative estimate of drug-likeness (QED) is 0.215. The number of alkyl halides is 1. The third-order valence-corrected chi connectivity index (χ3v) is 9.91. The molecule has 282 valence electrons. The minimum atomic E-state index is -1.21. The summed E-state index contributed by atoms with van der Waals surface area (Å²) in [6.45, 7) is 3.42. The Hall–Kier alpha value is -5.02. The third kappa shape index (κ3) is 9.32. The minimum Gasteiger partial charge on any atom is -0.381 e. The molecule has 0 spiro atoms. The van der Waals surface area contributed by atoms with Gasteiger partial charge in [-0.2, -0.15) is 0 Å². The van der Waals surface area contributed by atoms with Gasteiger partial charge in [-0.05, 0) is 49.4 Å². The van der Waals surface area contributed by atoms with Crippen molar-refractivity contribution in [3.05, 3.63) is 89.9 Å². The van der Waals surface area contributed by atoms with E-state index >= 15 is 8.78 Å². The molecule has 5 amide bonds. The van der Waals surface area contributed by atoms with Crippen LogP contribution in [0.2, 0.25) is 0 Å². The van der Waals surface area contributed by atoms with E-state index in [4.69, 9.17) is 9.72 Å². The molecule has 2 fully saturated rings. The molecule has 0 aliphatic carbocycles. The second kappa shape index (κ2) is 17.2. The van der Waals surface area contributed by atoms with Crippen LogP contribution in [0.5, 0.6) is 0 Å². The van der Waals surface area contributed by atoms with Gasteiger partial charge in [0, 0.05) is 94.8 Å². The monoisotopic (exact) mass is 735 g/mol. The highest BCUT2D eigenvalue weighted by Crippen LogP contribution is 2.38. The molecule has 3 aromatic rings. The average molecular weight is 736 g/mol. The number of carbonyl (C=O) groups is 4. The van der Waals surface area contributed by atoms with Gasteiger partial charge in [-0.3, -0.25) is 19.3 Å². The summed E-state index contributed by atoms with van der Waals surface area (Å²) in [5, 5.41) is 8.78. The maximum Gasteiger partial charge on any atom is 0.318 e. The van der Waals surface area contributed by atoms with Crippen LogP contribution < -0.4 is 16.0 Å². The second-order valence-electron chi connectivity index (χ2n) is 13.8. The number of ether oxygens (including phenoxy) is 1. The summed E-state index contributed by atoms with van der Waals surface area (Å²) in [6, 6.07) is 10.9. The van der Waals surface area contributed by atoms with E-state index in [0.717, 1.165) is 40.8 Å². The minimum absolute atomic E-state index is 0.0253. The molecule has 4 heterocycles. The Balaban J connectivity index is 1.30. The van der Waals surface area contributed by atoms with Gasteiger partial charge >= 0.3 is 6.03 Å². The SMILES string of the molecule is CC(CNC(=O)CCN1C(=O)C=CC1=O)NC(=O)N(CC1CNCC1F)C(c1nc(-c2cc(F)ccc2F)cn1Cc1ccccc1)C1CCOCC1. The summed E-state index contributed by atoms with van der Waals surface area (Å²) >= 11 is 0. The fraction of sp³-hybridized carbons (Fsp3) is 0.447. The Morgan fingerprint density at radius 3 is 2.49 bits per heavy atom. The normalized spacial score (nSPS) is 20.1. The van der Waals surface area contributed by atoms with Crippen molar-refractivity contribution in [3.8, 4) is 11.3 Å². The molecule has 4 atom stereocenters. The Labute approximate surface area is 305 Å². The molecule has 3 N–H and O–H groups in total. The summed E-state index contributed by atoms with van der Waals surface area (Å²) in [5.41, 5.74) is 1.09. The van der Waals surface area contributed by atoms with Crippen LogP contribution in [-0.4, -0.2) is 101 Å². The van der Waals surface area contributed by atoms with Crippen LogP contribution in [0.1, 0.15) is 43.6 Å². The second-order valence-corrected chi connectivity index (χ2v) is 13.8. The molecule has 3 aliphatic heterocycles. The van der Waals surface area contributed by atoms with Crippen molar-refractivity contribution in [2.75, 3.05) is 45.9 Å². The van der Waals surface area contributed by atoms with Gasteiger partial charge in [0.15, 0.2) is 0 Å². The molecule has 15 heteroatoms. The lowest BCUT2D eigenvalue weighted by Crippen LogP contribution is -2.52. The first-order valence-corrected chi connectivity index (χ1v) is 17.9. The topological polar surface area (TPSA) is 138 Å². The van der Waals surface area contributed by atoms with Gasteiger partial charge in [-0.25, -0.2) is 22.9 Å². The summed E-state index contributed by atoms with van der Waals surface area (Å²) in [4.78, 5) is 58.3. The molecule has 4 unspecified atom stereocenters. The fourth-order valence-corrected chi connectivity index (χ4v) is 7.05. The van der Waals surface area contributed by atoms with Crippen LogP contribution in [-0.2, 0) is 25.7 Å². The van der Waals surface area contributed by atoms with Crippen LogP contribution in [0.15, 0.2) is 66.9 Å². The molecule has 0 radical (unpaired) electrons. The predicted molar refractivity (Wildman–Crippen MR) is 189 cm³/mol. The van der Waals surface area contributed by atoms with Crippen molar-refractivity contribution < 1.29 is 37.1 Å². The number of aromatic nitrogens is 2. The van der Waals surface area contributed by atoms with Gasteiger partial charge in [0.2, 0.25) is 5.91 Å². The first-order valence-electron chi connectivity index (χ1n) is 17.9. The zero-order valence-electron chi connectivity index (χ0n) is 29.5. The molecule has 53 heavy (non-hydrogen) atoms. The largest absolute Gasteiger partial charge is 0.381 e. The zero-order valence-corrected chi connectivity index (χ0v) is 29.5. The molecule has 2 saturated heterocycles. The van der Waals surface area contributed by atoms with Crippen LogP contribution in [0, 0.1) is 23.5 Å². The molecule has 0 bridgehead atoms. The van der Waals surface area contributed by atoms with Crippen molar-refractivity contribution in [1.29, 1.82) is 0 Å². The summed E-state index contributed by atoms with van der Waals surface area (Å²) < 4.78 is 52.4. The van der Waals surface area contributed by atoms with Gasteiger partial charge < -0.3 is 30.2 Å². The lowest BCUT2D eigenvalue weighted by Gasteiger charge is -2.40. The maximum atomic E-state index is 15.3. The van der Waals surface area contributed by atoms with Crippen molar-refractivity contribution in [3.63, 3.8) is 0 Å². The Kier molecular flexibility index (Phi) is 12.2. The molecule has 2 aromatic carbocycles. The van der Waals surface area contributed by atoms with Crippen molar-refractivity contribution >= 4 is 23.8 Å². The number of benzene rings is 2. The zero-order chi connectivity index (χ0) is 37.5. The van der Waals surface area contributed by atoms with Gasteiger partial charge in [0.25, 0.3) is 11.8 Å². The van der Waals surface area contributed by atoms with Crippen LogP contribution >= 0.6 is 0 Å². The average Bonchev–Trinajstić information content (AvgIpc) is 3.85. The molecule has 6 rings (SSSR count). The van der Waals surface area contributed by atoms with Crippen molar-refractivity contribution in [2.24, 2.45) is 11.8 Å². The van der Waals surface area contributed by atoms with Gasteiger partial charge in [-0.1, -0.05) is 30.3 Å². The molecule has 12 nitrogen and oxygen atoms in total. The Morgan fingerprint density at radius 2 is 1.79 bits per heavy atom. The van der Waals surface area contributed by atoms with Crippen LogP contribution in [0.3, 0.4) is 0 Å². The Morgan fingerprint density at radius 1 is 1.06 bits per heavy atom. The van der Waals surface area contributed by atoms with E-state index in [9.17, 15) is 23.6 Å².